The molecule has 0 aliphatic heterocycles. The van der Waals surface area contributed by atoms with E-state index in [2.05, 4.69) is 10.3 Å². The second-order valence-corrected chi connectivity index (χ2v) is 8.65. The maximum absolute atomic E-state index is 12.5. The van der Waals surface area contributed by atoms with Crippen molar-refractivity contribution in [3.8, 4) is 5.75 Å². The van der Waals surface area contributed by atoms with Crippen molar-refractivity contribution < 1.29 is 24.2 Å². The third-order valence-corrected chi connectivity index (χ3v) is 6.23. The summed E-state index contributed by atoms with van der Waals surface area (Å²) in [6, 6.07) is 16.5. The molecule has 1 heterocycles. The second kappa shape index (κ2) is 10.9. The molecule has 7 nitrogen and oxygen atoms in total. The van der Waals surface area contributed by atoms with E-state index in [4.69, 9.17) is 9.84 Å². The van der Waals surface area contributed by atoms with E-state index in [1.54, 1.807) is 36.5 Å². The average Bonchev–Trinajstić information content (AvgIpc) is 2.87. The Kier molecular flexibility index (Phi) is 7.52. The third-order valence-electron chi connectivity index (χ3n) is 6.23. The van der Waals surface area contributed by atoms with Crippen LogP contribution in [-0.2, 0) is 4.79 Å². The minimum Gasteiger partial charge on any atom is -0.490 e. The lowest BCUT2D eigenvalue weighted by atomic mass is 9.87. The fraction of sp³-hybridized carbons (Fsp3) is 0.333. The number of fused-ring (bicyclic) bond motifs is 1. The van der Waals surface area contributed by atoms with Crippen LogP contribution in [0.3, 0.4) is 0 Å². The lowest BCUT2D eigenvalue weighted by Crippen LogP contribution is -2.27. The number of ether oxygens (including phenoxy) is 1. The number of nitrogens with one attached hydrogen (secondary N) is 1. The number of Topliss-reactive ketones (excluding diaryl/α,β-unsaturated/α-hetero) is 1. The highest BCUT2D eigenvalue weighted by Gasteiger charge is 2.26. The van der Waals surface area contributed by atoms with Crippen molar-refractivity contribution in [3.05, 3.63) is 72.1 Å². The van der Waals surface area contributed by atoms with Gasteiger partial charge in [-0.2, -0.15) is 0 Å². The lowest BCUT2D eigenvalue weighted by molar-refractivity contribution is -0.143. The highest BCUT2D eigenvalue weighted by Crippen LogP contribution is 2.28. The molecule has 1 fully saturated rings. The maximum Gasteiger partial charge on any atom is 0.306 e. The molecule has 1 saturated carbocycles. The first-order chi connectivity index (χ1) is 16.5. The molecule has 0 unspecified atom stereocenters. The Hall–Kier alpha value is -3.74. The molecule has 0 bridgehead atoms. The topological polar surface area (TPSA) is 106 Å². The van der Waals surface area contributed by atoms with Gasteiger partial charge in [-0.3, -0.25) is 19.4 Å². The minimum absolute atomic E-state index is 0.00611. The second-order valence-electron chi connectivity index (χ2n) is 8.65. The summed E-state index contributed by atoms with van der Waals surface area (Å²) < 4.78 is 5.95. The number of aliphatic carboxylic acids is 1. The highest BCUT2D eigenvalue weighted by atomic mass is 16.5. The van der Waals surface area contributed by atoms with E-state index < -0.39 is 5.97 Å². The van der Waals surface area contributed by atoms with Gasteiger partial charge in [-0.25, -0.2) is 0 Å². The van der Waals surface area contributed by atoms with Crippen molar-refractivity contribution in [2.45, 2.75) is 44.6 Å². The lowest BCUT2D eigenvalue weighted by Gasteiger charge is -2.26. The van der Waals surface area contributed by atoms with Crippen LogP contribution >= 0.6 is 0 Å². The number of nitrogens with zero attached hydrogens (tertiary/aromatic N) is 1. The minimum atomic E-state index is -0.730. The van der Waals surface area contributed by atoms with Gasteiger partial charge < -0.3 is 15.2 Å². The van der Waals surface area contributed by atoms with Gasteiger partial charge in [-0.15, -0.1) is 0 Å². The number of carboxylic acids is 1. The quantitative estimate of drug-likeness (QED) is 0.356. The molecule has 0 atom stereocenters. The van der Waals surface area contributed by atoms with Crippen LogP contribution in [0.15, 0.2) is 60.8 Å². The molecular formula is C27H28N2O5. The Morgan fingerprint density at radius 2 is 1.68 bits per heavy atom. The van der Waals surface area contributed by atoms with Crippen molar-refractivity contribution >= 4 is 28.4 Å². The number of ketones is 1. The summed E-state index contributed by atoms with van der Waals surface area (Å²) in [7, 11) is 0. The maximum atomic E-state index is 12.5. The fourth-order valence-corrected chi connectivity index (χ4v) is 4.23. The number of pyridine rings is 1. The molecule has 1 aromatic heterocycles. The van der Waals surface area contributed by atoms with Gasteiger partial charge >= 0.3 is 5.97 Å². The Morgan fingerprint density at radius 3 is 2.38 bits per heavy atom. The zero-order valence-corrected chi connectivity index (χ0v) is 18.9. The van der Waals surface area contributed by atoms with Crippen LogP contribution in [0.4, 0.5) is 0 Å². The predicted molar refractivity (Wildman–Crippen MR) is 128 cm³/mol. The van der Waals surface area contributed by atoms with Gasteiger partial charge in [0.2, 0.25) is 0 Å². The van der Waals surface area contributed by atoms with Crippen molar-refractivity contribution in [1.29, 1.82) is 0 Å². The number of hydrogen-bond acceptors (Lipinski definition) is 5. The fourth-order valence-electron chi connectivity index (χ4n) is 4.23. The Balaban J connectivity index is 1.19. The van der Waals surface area contributed by atoms with Gasteiger partial charge in [0.05, 0.1) is 12.0 Å². The molecule has 4 rings (SSSR count). The van der Waals surface area contributed by atoms with Crippen LogP contribution in [0, 0.1) is 5.92 Å². The summed E-state index contributed by atoms with van der Waals surface area (Å²) in [6.45, 7) is 0.388. The normalized spacial score (nSPS) is 17.8. The van der Waals surface area contributed by atoms with E-state index >= 15 is 0 Å². The van der Waals surface area contributed by atoms with Crippen LogP contribution in [0.25, 0.3) is 10.8 Å². The molecule has 7 heteroatoms. The van der Waals surface area contributed by atoms with Gasteiger partial charge in [0.15, 0.2) is 5.78 Å². The molecule has 3 aromatic rings. The first kappa shape index (κ1) is 23.4. The largest absolute Gasteiger partial charge is 0.490 e. The van der Waals surface area contributed by atoms with Crippen LogP contribution in [0.2, 0.25) is 0 Å². The number of rotatable bonds is 9. The molecular weight excluding hydrogens is 432 g/mol. The molecule has 0 radical (unpaired) electrons. The Morgan fingerprint density at radius 1 is 0.971 bits per heavy atom. The summed E-state index contributed by atoms with van der Waals surface area (Å²) in [5.74, 6) is -0.561. The molecule has 1 aliphatic rings. The Bertz CT molecular complexity index is 1170. The summed E-state index contributed by atoms with van der Waals surface area (Å²) >= 11 is 0. The van der Waals surface area contributed by atoms with Gasteiger partial charge in [-0.1, -0.05) is 24.3 Å². The van der Waals surface area contributed by atoms with Gasteiger partial charge in [-0.05, 0) is 67.8 Å². The smallest absolute Gasteiger partial charge is 0.306 e. The molecule has 2 N–H and O–H groups in total. The van der Waals surface area contributed by atoms with Crippen molar-refractivity contribution in [1.82, 2.24) is 10.3 Å². The molecule has 34 heavy (non-hydrogen) atoms. The Labute approximate surface area is 198 Å². The number of amides is 1. The first-order valence-electron chi connectivity index (χ1n) is 11.7. The standard InChI is InChI=1S/C27H28N2O5/c30-25(6-3-15-28-26(31)24-16-20-4-1-2-5-21(20)17-29-24)18-7-11-22(12-8-18)34-23-13-9-19(10-14-23)27(32)33/h1-2,4-5,7-8,11-12,16-17,19,23H,3,6,9-10,13-15H2,(H,28,31)(H,32,33). The van der Waals surface area contributed by atoms with Crippen molar-refractivity contribution in [2.75, 3.05) is 6.54 Å². The molecule has 0 saturated heterocycles. The predicted octanol–water partition coefficient (Wildman–Crippen LogP) is 4.65. The van der Waals surface area contributed by atoms with Crippen molar-refractivity contribution in [3.63, 3.8) is 0 Å². The van der Waals surface area contributed by atoms with E-state index in [9.17, 15) is 14.4 Å². The summed E-state index contributed by atoms with van der Waals surface area (Å²) in [5, 5.41) is 13.9. The number of carbonyl (C=O) groups excluding carboxylic acids is 2. The van der Waals surface area contributed by atoms with Crippen LogP contribution in [0.1, 0.15) is 59.4 Å². The number of aromatic nitrogens is 1. The number of carbonyl (C=O) groups is 3. The monoisotopic (exact) mass is 460 g/mol. The number of hydrogen-bond donors (Lipinski definition) is 2. The summed E-state index contributed by atoms with van der Waals surface area (Å²) in [5.41, 5.74) is 0.960. The van der Waals surface area contributed by atoms with Crippen LogP contribution in [-0.4, -0.2) is 40.4 Å². The van der Waals surface area contributed by atoms with Crippen molar-refractivity contribution in [2.24, 2.45) is 5.92 Å². The summed E-state index contributed by atoms with van der Waals surface area (Å²) in [6.07, 6.45) is 5.25. The van der Waals surface area contributed by atoms with E-state index in [1.165, 1.54) is 0 Å². The number of benzene rings is 2. The molecule has 1 aliphatic carbocycles. The van der Waals surface area contributed by atoms with E-state index in [0.29, 0.717) is 49.2 Å². The van der Waals surface area contributed by atoms with E-state index in [1.807, 2.05) is 24.3 Å². The summed E-state index contributed by atoms with van der Waals surface area (Å²) in [4.78, 5) is 40.1. The van der Waals surface area contributed by atoms with E-state index in [0.717, 1.165) is 23.6 Å². The number of carboxylic acid groups (broad SMARTS) is 1. The zero-order valence-electron chi connectivity index (χ0n) is 18.9. The van der Waals surface area contributed by atoms with Crippen LogP contribution in [0.5, 0.6) is 5.75 Å². The molecule has 2 aromatic carbocycles. The third kappa shape index (κ3) is 5.98. The molecule has 176 valence electrons. The molecule has 1 amide bonds. The van der Waals surface area contributed by atoms with Gasteiger partial charge in [0.1, 0.15) is 11.4 Å². The van der Waals surface area contributed by atoms with Crippen LogP contribution < -0.4 is 10.1 Å². The SMILES string of the molecule is O=C(CCCNC(=O)c1cc2ccccc2cn1)c1ccc(OC2CCC(C(=O)O)CC2)cc1. The average molecular weight is 461 g/mol. The van der Waals surface area contributed by atoms with Gasteiger partial charge in [0, 0.05) is 30.1 Å². The van der Waals surface area contributed by atoms with E-state index in [-0.39, 0.29) is 23.7 Å². The molecule has 0 spiro atoms. The highest BCUT2D eigenvalue weighted by molar-refractivity contribution is 5.97. The first-order valence-corrected chi connectivity index (χ1v) is 11.7. The zero-order chi connectivity index (χ0) is 23.9. The van der Waals surface area contributed by atoms with Gasteiger partial charge in [0.25, 0.3) is 5.91 Å².